The first-order valence-electron chi connectivity index (χ1n) is 7.53. The number of rotatable bonds is 5. The van der Waals surface area contributed by atoms with Crippen LogP contribution in [0.2, 0.25) is 10.0 Å². The van der Waals surface area contributed by atoms with E-state index in [1.165, 1.54) is 0 Å². The maximum absolute atomic E-state index is 11.7. The van der Waals surface area contributed by atoms with E-state index >= 15 is 0 Å². The van der Waals surface area contributed by atoms with Gasteiger partial charge in [-0.05, 0) is 37.3 Å². The molecule has 0 saturated heterocycles. The van der Waals surface area contributed by atoms with Crippen LogP contribution in [0, 0.1) is 0 Å². The first-order chi connectivity index (χ1) is 12.0. The van der Waals surface area contributed by atoms with Crippen LogP contribution in [0.1, 0.15) is 6.92 Å². The fourth-order valence-electron chi connectivity index (χ4n) is 2.33. The molecule has 7 nitrogen and oxygen atoms in total. The van der Waals surface area contributed by atoms with Crippen molar-refractivity contribution in [1.82, 2.24) is 19.8 Å². The van der Waals surface area contributed by atoms with Gasteiger partial charge in [-0.15, -0.1) is 15.3 Å². The second-order valence-electron chi connectivity index (χ2n) is 5.30. The molecule has 0 spiro atoms. The second kappa shape index (κ2) is 7.25. The zero-order valence-electron chi connectivity index (χ0n) is 13.6. The van der Waals surface area contributed by atoms with E-state index in [2.05, 4.69) is 15.3 Å². The molecular weight excluding hydrogens is 365 g/mol. The van der Waals surface area contributed by atoms with Crippen LogP contribution in [0.15, 0.2) is 30.3 Å². The number of esters is 1. The van der Waals surface area contributed by atoms with E-state index in [9.17, 15) is 4.79 Å². The Morgan fingerprint density at radius 1 is 1.20 bits per heavy atom. The molecule has 9 heteroatoms. The SMILES string of the molecule is CCOC(=O)CN(C)c1ccc2nnc(-c3cc(Cl)cc(Cl)c3)n2n1. The summed E-state index contributed by atoms with van der Waals surface area (Å²) in [5, 5.41) is 13.8. The number of likely N-dealkylation sites (N-methyl/N-ethyl adjacent to an activating group) is 1. The normalized spacial score (nSPS) is 10.9. The number of hydrogen-bond donors (Lipinski definition) is 0. The second-order valence-corrected chi connectivity index (χ2v) is 6.18. The van der Waals surface area contributed by atoms with Crippen molar-refractivity contribution in [2.45, 2.75) is 6.92 Å². The highest BCUT2D eigenvalue weighted by molar-refractivity contribution is 6.35. The molecule has 0 unspecified atom stereocenters. The highest BCUT2D eigenvalue weighted by Gasteiger charge is 2.14. The number of nitrogens with zero attached hydrogens (tertiary/aromatic N) is 5. The lowest BCUT2D eigenvalue weighted by molar-refractivity contribution is -0.141. The molecule has 2 heterocycles. The predicted octanol–water partition coefficient (Wildman–Crippen LogP) is 3.10. The van der Waals surface area contributed by atoms with Crippen LogP contribution in [0.5, 0.6) is 0 Å². The number of halogens is 2. The summed E-state index contributed by atoms with van der Waals surface area (Å²) in [5.41, 5.74) is 1.27. The molecule has 3 rings (SSSR count). The fraction of sp³-hybridized carbons (Fsp3) is 0.250. The van der Waals surface area contributed by atoms with E-state index < -0.39 is 0 Å². The van der Waals surface area contributed by atoms with E-state index in [0.29, 0.717) is 39.5 Å². The molecule has 2 aromatic heterocycles. The van der Waals surface area contributed by atoms with Gasteiger partial charge in [0.05, 0.1) is 6.61 Å². The number of carbonyl (C=O) groups is 1. The summed E-state index contributed by atoms with van der Waals surface area (Å²) >= 11 is 12.1. The third-order valence-corrected chi connectivity index (χ3v) is 3.87. The maximum atomic E-state index is 11.7. The largest absolute Gasteiger partial charge is 0.465 e. The third-order valence-electron chi connectivity index (χ3n) is 3.43. The molecule has 3 aromatic rings. The Kier molecular flexibility index (Phi) is 5.06. The Bertz CT molecular complexity index is 908. The Balaban J connectivity index is 1.98. The van der Waals surface area contributed by atoms with Gasteiger partial charge in [-0.1, -0.05) is 23.2 Å². The third kappa shape index (κ3) is 3.83. The summed E-state index contributed by atoms with van der Waals surface area (Å²) in [4.78, 5) is 13.3. The Labute approximate surface area is 154 Å². The Morgan fingerprint density at radius 2 is 1.92 bits per heavy atom. The summed E-state index contributed by atoms with van der Waals surface area (Å²) in [7, 11) is 1.76. The number of aromatic nitrogens is 4. The smallest absolute Gasteiger partial charge is 0.325 e. The standard InChI is InChI=1S/C16H15Cl2N5O2/c1-3-25-15(24)9-22(2)14-5-4-13-19-20-16(23(13)21-14)10-6-11(17)8-12(18)7-10/h4-8H,3,9H2,1-2H3. The predicted molar refractivity (Wildman–Crippen MR) is 96.1 cm³/mol. The Hall–Kier alpha value is -2.38. The molecule has 0 radical (unpaired) electrons. The van der Waals surface area contributed by atoms with Crippen LogP contribution in [0.3, 0.4) is 0 Å². The van der Waals surface area contributed by atoms with Gasteiger partial charge in [-0.3, -0.25) is 4.79 Å². The lowest BCUT2D eigenvalue weighted by Gasteiger charge is -2.16. The first kappa shape index (κ1) is 17.4. The zero-order chi connectivity index (χ0) is 18.0. The quantitative estimate of drug-likeness (QED) is 0.634. The number of anilines is 1. The van der Waals surface area contributed by atoms with Crippen molar-refractivity contribution < 1.29 is 9.53 Å². The van der Waals surface area contributed by atoms with E-state index in [0.717, 1.165) is 0 Å². The van der Waals surface area contributed by atoms with Crippen LogP contribution in [-0.2, 0) is 9.53 Å². The summed E-state index contributed by atoms with van der Waals surface area (Å²) in [6.07, 6.45) is 0. The number of fused-ring (bicyclic) bond motifs is 1. The van der Waals surface area contributed by atoms with Gasteiger partial charge in [0.1, 0.15) is 12.4 Å². The van der Waals surface area contributed by atoms with Gasteiger partial charge in [0.25, 0.3) is 0 Å². The summed E-state index contributed by atoms with van der Waals surface area (Å²) in [5.74, 6) is 0.762. The maximum Gasteiger partial charge on any atom is 0.325 e. The average molecular weight is 380 g/mol. The number of ether oxygens (including phenoxy) is 1. The lowest BCUT2D eigenvalue weighted by atomic mass is 10.2. The molecule has 0 N–H and O–H groups in total. The molecular formula is C16H15Cl2N5O2. The van der Waals surface area contributed by atoms with Crippen LogP contribution >= 0.6 is 23.2 Å². The topological polar surface area (TPSA) is 72.6 Å². The molecule has 0 atom stereocenters. The molecule has 0 aliphatic rings. The number of hydrogen-bond acceptors (Lipinski definition) is 6. The van der Waals surface area contributed by atoms with Crippen LogP contribution in [-0.4, -0.2) is 46.0 Å². The van der Waals surface area contributed by atoms with Crippen LogP contribution in [0.4, 0.5) is 5.82 Å². The first-order valence-corrected chi connectivity index (χ1v) is 8.29. The highest BCUT2D eigenvalue weighted by atomic mass is 35.5. The van der Waals surface area contributed by atoms with Gasteiger partial charge in [-0.2, -0.15) is 4.52 Å². The highest BCUT2D eigenvalue weighted by Crippen LogP contribution is 2.26. The monoisotopic (exact) mass is 379 g/mol. The molecule has 1 aromatic carbocycles. The van der Waals surface area contributed by atoms with Gasteiger partial charge >= 0.3 is 5.97 Å². The minimum absolute atomic E-state index is 0.0901. The van der Waals surface area contributed by atoms with E-state index in [1.54, 1.807) is 53.7 Å². The lowest BCUT2D eigenvalue weighted by Crippen LogP contribution is -2.28. The Morgan fingerprint density at radius 3 is 2.60 bits per heavy atom. The van der Waals surface area contributed by atoms with Gasteiger partial charge in [0.2, 0.25) is 0 Å². The fourth-order valence-corrected chi connectivity index (χ4v) is 2.85. The van der Waals surface area contributed by atoms with Crippen LogP contribution in [0.25, 0.3) is 17.0 Å². The van der Waals surface area contributed by atoms with Gasteiger partial charge < -0.3 is 9.64 Å². The van der Waals surface area contributed by atoms with E-state index in [1.807, 2.05) is 0 Å². The molecule has 0 amide bonds. The average Bonchev–Trinajstić information content (AvgIpc) is 2.97. The molecule has 0 aliphatic heterocycles. The van der Waals surface area contributed by atoms with E-state index in [-0.39, 0.29) is 12.5 Å². The minimum Gasteiger partial charge on any atom is -0.465 e. The van der Waals surface area contributed by atoms with Crippen molar-refractivity contribution in [2.24, 2.45) is 0 Å². The molecule has 130 valence electrons. The van der Waals surface area contributed by atoms with Crippen molar-refractivity contribution >= 4 is 40.6 Å². The van der Waals surface area contributed by atoms with Gasteiger partial charge in [0, 0.05) is 22.7 Å². The molecule has 0 saturated carbocycles. The number of carbonyl (C=O) groups excluding carboxylic acids is 1. The van der Waals surface area contributed by atoms with Crippen molar-refractivity contribution in [3.8, 4) is 11.4 Å². The summed E-state index contributed by atoms with van der Waals surface area (Å²) in [6, 6.07) is 8.65. The molecule has 0 aliphatic carbocycles. The van der Waals surface area contributed by atoms with Gasteiger partial charge in [0.15, 0.2) is 11.5 Å². The van der Waals surface area contributed by atoms with Crippen molar-refractivity contribution in [1.29, 1.82) is 0 Å². The van der Waals surface area contributed by atoms with Crippen molar-refractivity contribution in [3.05, 3.63) is 40.4 Å². The van der Waals surface area contributed by atoms with E-state index in [4.69, 9.17) is 27.9 Å². The van der Waals surface area contributed by atoms with Crippen molar-refractivity contribution in [2.75, 3.05) is 25.1 Å². The summed E-state index contributed by atoms with van der Waals surface area (Å²) < 4.78 is 6.54. The van der Waals surface area contributed by atoms with Crippen molar-refractivity contribution in [3.63, 3.8) is 0 Å². The minimum atomic E-state index is -0.322. The molecule has 0 bridgehead atoms. The van der Waals surface area contributed by atoms with Gasteiger partial charge in [-0.25, -0.2) is 0 Å². The van der Waals surface area contributed by atoms with Crippen LogP contribution < -0.4 is 4.90 Å². The molecule has 25 heavy (non-hydrogen) atoms. The number of benzene rings is 1. The summed E-state index contributed by atoms with van der Waals surface area (Å²) in [6.45, 7) is 2.19. The zero-order valence-corrected chi connectivity index (χ0v) is 15.1. The molecule has 0 fully saturated rings.